The van der Waals surface area contributed by atoms with Crippen LogP contribution >= 0.6 is 12.2 Å². The van der Waals surface area contributed by atoms with Gasteiger partial charge >= 0.3 is 0 Å². The Hall–Kier alpha value is -1.20. The van der Waals surface area contributed by atoms with Crippen molar-refractivity contribution in [2.45, 2.75) is 18.9 Å². The number of halogens is 1. The number of ether oxygens (including phenoxy) is 2. The van der Waals surface area contributed by atoms with Gasteiger partial charge in [0.05, 0.1) is 18.8 Å². The Morgan fingerprint density at radius 1 is 1.41 bits per heavy atom. The first-order valence-corrected chi connectivity index (χ1v) is 5.91. The van der Waals surface area contributed by atoms with Crippen molar-refractivity contribution in [2.24, 2.45) is 5.73 Å². The molecule has 3 nitrogen and oxygen atoms in total. The van der Waals surface area contributed by atoms with Crippen LogP contribution in [0.3, 0.4) is 0 Å². The second kappa shape index (κ2) is 5.42. The molecule has 92 valence electrons. The summed E-state index contributed by atoms with van der Waals surface area (Å²) < 4.78 is 24.1. The summed E-state index contributed by atoms with van der Waals surface area (Å²) in [6.45, 7) is 1.38. The van der Waals surface area contributed by atoms with E-state index in [1.54, 1.807) is 6.07 Å². The molecule has 1 aromatic carbocycles. The Kier molecular flexibility index (Phi) is 3.91. The number of benzene rings is 1. The molecule has 1 fully saturated rings. The van der Waals surface area contributed by atoms with Crippen LogP contribution in [-0.2, 0) is 4.74 Å². The molecule has 0 aliphatic carbocycles. The zero-order chi connectivity index (χ0) is 12.3. The molecule has 1 aliphatic heterocycles. The van der Waals surface area contributed by atoms with E-state index in [2.05, 4.69) is 0 Å². The zero-order valence-electron chi connectivity index (χ0n) is 9.32. The highest BCUT2D eigenvalue weighted by molar-refractivity contribution is 7.80. The van der Waals surface area contributed by atoms with Crippen molar-refractivity contribution in [2.75, 3.05) is 13.2 Å². The molecule has 0 amide bonds. The van der Waals surface area contributed by atoms with Crippen LogP contribution in [-0.4, -0.2) is 24.3 Å². The van der Waals surface area contributed by atoms with Gasteiger partial charge < -0.3 is 15.2 Å². The summed E-state index contributed by atoms with van der Waals surface area (Å²) in [6.07, 6.45) is 1.74. The molecule has 17 heavy (non-hydrogen) atoms. The van der Waals surface area contributed by atoms with Crippen LogP contribution in [0, 0.1) is 5.82 Å². The van der Waals surface area contributed by atoms with Crippen LogP contribution in [0.25, 0.3) is 0 Å². The Balaban J connectivity index is 2.16. The van der Waals surface area contributed by atoms with Crippen LogP contribution in [0.1, 0.15) is 18.4 Å². The molecule has 0 aromatic heterocycles. The summed E-state index contributed by atoms with van der Waals surface area (Å²) >= 11 is 4.88. The van der Waals surface area contributed by atoms with Crippen LogP contribution in [0.2, 0.25) is 0 Å². The second-order valence-electron chi connectivity index (χ2n) is 3.93. The SMILES string of the molecule is NC(=S)c1cc(F)ccc1OC1CCOCC1. The smallest absolute Gasteiger partial charge is 0.130 e. The van der Waals surface area contributed by atoms with Gasteiger partial charge in [-0.2, -0.15) is 0 Å². The number of hydrogen-bond acceptors (Lipinski definition) is 3. The number of nitrogens with two attached hydrogens (primary N) is 1. The maximum atomic E-state index is 13.1. The molecular formula is C12H14FNO2S. The molecule has 2 N–H and O–H groups in total. The van der Waals surface area contributed by atoms with Crippen LogP contribution < -0.4 is 10.5 Å². The van der Waals surface area contributed by atoms with Crippen molar-refractivity contribution in [1.82, 2.24) is 0 Å². The van der Waals surface area contributed by atoms with E-state index in [0.717, 1.165) is 12.8 Å². The summed E-state index contributed by atoms with van der Waals surface area (Å²) in [4.78, 5) is 0.145. The normalized spacial score (nSPS) is 16.8. The van der Waals surface area contributed by atoms with Gasteiger partial charge in [-0.1, -0.05) is 12.2 Å². The predicted octanol–water partition coefficient (Wildman–Crippen LogP) is 2.02. The molecule has 0 atom stereocenters. The first-order valence-electron chi connectivity index (χ1n) is 5.50. The van der Waals surface area contributed by atoms with Crippen LogP contribution in [0.15, 0.2) is 18.2 Å². The first kappa shape index (κ1) is 12.3. The van der Waals surface area contributed by atoms with E-state index in [1.807, 2.05) is 0 Å². The Bertz CT molecular complexity index is 419. The molecule has 1 aromatic rings. The van der Waals surface area contributed by atoms with Crippen LogP contribution in [0.5, 0.6) is 5.75 Å². The van der Waals surface area contributed by atoms with E-state index in [-0.39, 0.29) is 16.9 Å². The lowest BCUT2D eigenvalue weighted by molar-refractivity contribution is 0.0255. The largest absolute Gasteiger partial charge is 0.490 e. The molecule has 0 bridgehead atoms. The van der Waals surface area contributed by atoms with E-state index >= 15 is 0 Å². The molecule has 0 unspecified atom stereocenters. The third kappa shape index (κ3) is 3.14. The van der Waals surface area contributed by atoms with E-state index in [0.29, 0.717) is 24.5 Å². The minimum atomic E-state index is -0.368. The van der Waals surface area contributed by atoms with Gasteiger partial charge in [0.1, 0.15) is 22.7 Å². The Labute approximate surface area is 105 Å². The van der Waals surface area contributed by atoms with Crippen molar-refractivity contribution < 1.29 is 13.9 Å². The van der Waals surface area contributed by atoms with Crippen molar-refractivity contribution in [3.05, 3.63) is 29.6 Å². The minimum absolute atomic E-state index is 0.0855. The third-order valence-corrected chi connectivity index (χ3v) is 2.89. The third-order valence-electron chi connectivity index (χ3n) is 2.67. The number of hydrogen-bond donors (Lipinski definition) is 1. The van der Waals surface area contributed by atoms with Gasteiger partial charge in [-0.15, -0.1) is 0 Å². The highest BCUT2D eigenvalue weighted by Gasteiger charge is 2.17. The van der Waals surface area contributed by atoms with Gasteiger partial charge in [-0.25, -0.2) is 4.39 Å². The number of thiocarbonyl (C=S) groups is 1. The maximum absolute atomic E-state index is 13.1. The fourth-order valence-corrected chi connectivity index (χ4v) is 1.93. The minimum Gasteiger partial charge on any atom is -0.490 e. The molecule has 2 rings (SSSR count). The highest BCUT2D eigenvalue weighted by Crippen LogP contribution is 2.23. The predicted molar refractivity (Wildman–Crippen MR) is 66.8 cm³/mol. The Morgan fingerprint density at radius 3 is 2.76 bits per heavy atom. The molecule has 1 aliphatic rings. The van der Waals surface area contributed by atoms with Gasteiger partial charge in [0, 0.05) is 12.8 Å². The molecule has 1 heterocycles. The summed E-state index contributed by atoms with van der Waals surface area (Å²) in [5.74, 6) is 0.179. The zero-order valence-corrected chi connectivity index (χ0v) is 10.1. The molecule has 1 saturated heterocycles. The first-order chi connectivity index (χ1) is 8.16. The summed E-state index contributed by atoms with van der Waals surface area (Å²) in [6, 6.07) is 4.21. The van der Waals surface area contributed by atoms with E-state index < -0.39 is 0 Å². The summed E-state index contributed by atoms with van der Waals surface area (Å²) in [5, 5.41) is 0. The lowest BCUT2D eigenvalue weighted by Gasteiger charge is -2.24. The van der Waals surface area contributed by atoms with Crippen molar-refractivity contribution in [1.29, 1.82) is 0 Å². The molecular weight excluding hydrogens is 241 g/mol. The highest BCUT2D eigenvalue weighted by atomic mass is 32.1. The van der Waals surface area contributed by atoms with Crippen molar-refractivity contribution >= 4 is 17.2 Å². The van der Waals surface area contributed by atoms with Gasteiger partial charge in [-0.3, -0.25) is 0 Å². The topological polar surface area (TPSA) is 44.5 Å². The number of rotatable bonds is 3. The van der Waals surface area contributed by atoms with Crippen LogP contribution in [0.4, 0.5) is 4.39 Å². The van der Waals surface area contributed by atoms with Crippen molar-refractivity contribution in [3.63, 3.8) is 0 Å². The summed E-state index contributed by atoms with van der Waals surface area (Å²) in [7, 11) is 0. The lowest BCUT2D eigenvalue weighted by atomic mass is 10.1. The molecule has 0 saturated carbocycles. The fourth-order valence-electron chi connectivity index (χ4n) is 1.77. The fraction of sp³-hybridized carbons (Fsp3) is 0.417. The summed E-state index contributed by atoms with van der Waals surface area (Å²) in [5.41, 5.74) is 6.00. The average Bonchev–Trinajstić information content (AvgIpc) is 2.32. The van der Waals surface area contributed by atoms with Crippen molar-refractivity contribution in [3.8, 4) is 5.75 Å². The Morgan fingerprint density at radius 2 is 2.12 bits per heavy atom. The average molecular weight is 255 g/mol. The van der Waals surface area contributed by atoms with Gasteiger partial charge in [0.15, 0.2) is 0 Å². The van der Waals surface area contributed by atoms with E-state index in [9.17, 15) is 4.39 Å². The van der Waals surface area contributed by atoms with E-state index in [1.165, 1.54) is 12.1 Å². The lowest BCUT2D eigenvalue weighted by Crippen LogP contribution is -2.27. The van der Waals surface area contributed by atoms with Gasteiger partial charge in [0.2, 0.25) is 0 Å². The monoisotopic (exact) mass is 255 g/mol. The maximum Gasteiger partial charge on any atom is 0.130 e. The van der Waals surface area contributed by atoms with Gasteiger partial charge in [-0.05, 0) is 18.2 Å². The molecule has 0 radical (unpaired) electrons. The standard InChI is InChI=1S/C12H14FNO2S/c13-8-1-2-11(10(7-8)12(14)17)16-9-3-5-15-6-4-9/h1-2,7,9H,3-6H2,(H2,14,17). The molecule has 0 spiro atoms. The van der Waals surface area contributed by atoms with E-state index in [4.69, 9.17) is 27.4 Å². The quantitative estimate of drug-likeness (QED) is 0.839. The second-order valence-corrected chi connectivity index (χ2v) is 4.37. The molecule has 5 heteroatoms. The van der Waals surface area contributed by atoms with Gasteiger partial charge in [0.25, 0.3) is 0 Å².